The molecule has 1 aliphatic rings. The lowest BCUT2D eigenvalue weighted by molar-refractivity contribution is -0.144. The summed E-state index contributed by atoms with van der Waals surface area (Å²) in [5.41, 5.74) is 1.28. The monoisotopic (exact) mass is 496 g/mol. The van der Waals surface area contributed by atoms with Gasteiger partial charge in [-0.2, -0.15) is 9.40 Å². The average Bonchev–Trinajstić information content (AvgIpc) is 3.33. The van der Waals surface area contributed by atoms with Crippen molar-refractivity contribution >= 4 is 37.0 Å². The molecule has 2 aromatic heterocycles. The number of rotatable bonds is 5. The summed E-state index contributed by atoms with van der Waals surface area (Å²) in [5.74, 6) is -0.746. The lowest BCUT2D eigenvalue weighted by atomic mass is 10.2. The van der Waals surface area contributed by atoms with Crippen molar-refractivity contribution in [3.05, 3.63) is 30.0 Å². The van der Waals surface area contributed by atoms with Crippen LogP contribution in [0.15, 0.2) is 34.3 Å². The average molecular weight is 497 g/mol. The Bertz CT molecular complexity index is 1450. The van der Waals surface area contributed by atoms with Crippen molar-refractivity contribution in [3.63, 3.8) is 0 Å². The molecule has 3 aromatic rings. The lowest BCUT2D eigenvalue weighted by Crippen LogP contribution is -2.41. The van der Waals surface area contributed by atoms with Crippen LogP contribution in [-0.4, -0.2) is 89.2 Å². The first-order valence-corrected chi connectivity index (χ1v) is 12.9. The van der Waals surface area contributed by atoms with Crippen LogP contribution < -0.4 is 0 Å². The van der Waals surface area contributed by atoms with E-state index in [1.807, 2.05) is 0 Å². The summed E-state index contributed by atoms with van der Waals surface area (Å²) in [6.07, 6.45) is -0.0628. The van der Waals surface area contributed by atoms with Crippen LogP contribution in [-0.2, 0) is 29.4 Å². The zero-order valence-corrected chi connectivity index (χ0v) is 19.4. The Morgan fingerprint density at radius 3 is 2.42 bits per heavy atom. The highest BCUT2D eigenvalue weighted by molar-refractivity contribution is 7.90. The summed E-state index contributed by atoms with van der Waals surface area (Å²) in [5, 5.41) is 21.4. The third kappa shape index (κ3) is 4.07. The molecule has 4 rings (SSSR count). The second kappa shape index (κ2) is 8.09. The van der Waals surface area contributed by atoms with Gasteiger partial charge >= 0.3 is 5.97 Å². The molecule has 15 heteroatoms. The molecule has 2 unspecified atom stereocenters. The summed E-state index contributed by atoms with van der Waals surface area (Å²) in [4.78, 5) is 15.9. The van der Waals surface area contributed by atoms with Gasteiger partial charge in [0.1, 0.15) is 11.6 Å². The zero-order chi connectivity index (χ0) is 24.1. The second-order valence-electron chi connectivity index (χ2n) is 7.53. The van der Waals surface area contributed by atoms with Gasteiger partial charge in [0.2, 0.25) is 25.5 Å². The normalized spacial score (nSPS) is 19.8. The summed E-state index contributed by atoms with van der Waals surface area (Å²) < 4.78 is 56.6. The first kappa shape index (κ1) is 23.2. The molecule has 0 radical (unpaired) electrons. The van der Waals surface area contributed by atoms with E-state index in [1.54, 1.807) is 6.92 Å². The Hall–Kier alpha value is -3.01. The number of hydrogen-bond acceptors (Lipinski definition) is 11. The highest BCUT2D eigenvalue weighted by Crippen LogP contribution is 2.28. The number of ether oxygens (including phenoxy) is 1. The Labute approximate surface area is 189 Å². The summed E-state index contributed by atoms with van der Waals surface area (Å²) >= 11 is 0. The molecule has 0 bridgehead atoms. The Kier molecular flexibility index (Phi) is 5.68. The molecule has 3 heterocycles. The van der Waals surface area contributed by atoms with Gasteiger partial charge in [0, 0.05) is 19.2 Å². The van der Waals surface area contributed by atoms with Crippen LogP contribution in [0.25, 0.3) is 16.9 Å². The molecule has 176 valence electrons. The number of aryl methyl sites for hydroxylation is 1. The molecule has 1 aromatic carbocycles. The van der Waals surface area contributed by atoms with Gasteiger partial charge in [-0.25, -0.2) is 26.5 Å². The van der Waals surface area contributed by atoms with Crippen LogP contribution in [0.5, 0.6) is 0 Å². The lowest BCUT2D eigenvalue weighted by Gasteiger charge is -2.21. The molecule has 2 atom stereocenters. The summed E-state index contributed by atoms with van der Waals surface area (Å²) in [7, 11) is -6.60. The number of esters is 1. The Morgan fingerprint density at radius 2 is 1.82 bits per heavy atom. The Balaban J connectivity index is 1.70. The van der Waals surface area contributed by atoms with Crippen LogP contribution in [0.1, 0.15) is 12.1 Å². The van der Waals surface area contributed by atoms with Crippen LogP contribution in [0.2, 0.25) is 0 Å². The number of carbonyl (C=O) groups is 1. The maximum absolute atomic E-state index is 13.1. The SMILES string of the molecule is COC(=O)C1CC(O)CN1S(=O)(=O)c1ccc(-n2nc(C)c3nc(S(C)(=O)=O)nnc32)cc1. The Morgan fingerprint density at radius 1 is 1.15 bits per heavy atom. The number of sulfonamides is 1. The molecular weight excluding hydrogens is 476 g/mol. The maximum Gasteiger partial charge on any atom is 0.324 e. The first-order valence-electron chi connectivity index (χ1n) is 9.61. The number of nitrogens with zero attached hydrogens (tertiary/aromatic N) is 6. The van der Waals surface area contributed by atoms with Gasteiger partial charge in [-0.3, -0.25) is 4.79 Å². The van der Waals surface area contributed by atoms with Crippen LogP contribution in [0, 0.1) is 6.92 Å². The van der Waals surface area contributed by atoms with E-state index in [1.165, 1.54) is 28.9 Å². The van der Waals surface area contributed by atoms with Gasteiger partial charge in [-0.1, -0.05) is 0 Å². The third-order valence-electron chi connectivity index (χ3n) is 5.17. The van der Waals surface area contributed by atoms with Gasteiger partial charge < -0.3 is 9.84 Å². The van der Waals surface area contributed by atoms with Crippen molar-refractivity contribution < 1.29 is 31.5 Å². The van der Waals surface area contributed by atoms with E-state index in [-0.39, 0.29) is 29.0 Å². The number of aromatic nitrogens is 5. The van der Waals surface area contributed by atoms with E-state index < -0.39 is 43.1 Å². The zero-order valence-electron chi connectivity index (χ0n) is 17.8. The van der Waals surface area contributed by atoms with Crippen LogP contribution in [0.3, 0.4) is 0 Å². The number of methoxy groups -OCH3 is 1. The number of sulfone groups is 1. The fourth-order valence-electron chi connectivity index (χ4n) is 3.57. The van der Waals surface area contributed by atoms with Crippen LogP contribution in [0.4, 0.5) is 0 Å². The fourth-order valence-corrected chi connectivity index (χ4v) is 5.64. The molecule has 0 saturated carbocycles. The fraction of sp³-hybridized carbons (Fsp3) is 0.389. The summed E-state index contributed by atoms with van der Waals surface area (Å²) in [6.45, 7) is 1.40. The van der Waals surface area contributed by atoms with E-state index in [9.17, 15) is 26.7 Å². The molecule has 1 aliphatic heterocycles. The second-order valence-corrected chi connectivity index (χ2v) is 11.3. The van der Waals surface area contributed by atoms with E-state index in [0.717, 1.165) is 17.7 Å². The van der Waals surface area contributed by atoms with E-state index in [2.05, 4.69) is 25.0 Å². The van der Waals surface area contributed by atoms with Gasteiger partial charge in [0.05, 0.1) is 29.5 Å². The first-order chi connectivity index (χ1) is 15.4. The smallest absolute Gasteiger partial charge is 0.324 e. The van der Waals surface area contributed by atoms with Crippen molar-refractivity contribution in [2.24, 2.45) is 0 Å². The molecule has 1 saturated heterocycles. The molecule has 1 fully saturated rings. The minimum absolute atomic E-state index is 0.0519. The number of β-amino-alcohol motifs (C(OH)–C–C–N with tert-alkyl or cyclic N) is 1. The minimum atomic E-state index is -4.10. The highest BCUT2D eigenvalue weighted by Gasteiger charge is 2.44. The van der Waals surface area contributed by atoms with Gasteiger partial charge in [-0.15, -0.1) is 10.2 Å². The standard InChI is InChI=1S/C18H20N6O7S2/c1-10-15-16(20-21-18(19-15)32(3,27)28)24(22-10)11-4-6-13(7-5-11)33(29,30)23-9-12(25)8-14(23)17(26)31-2/h4-7,12,14,25H,8-9H2,1-3H3. The quantitative estimate of drug-likeness (QED) is 0.439. The van der Waals surface area contributed by atoms with Crippen molar-refractivity contribution in [2.75, 3.05) is 19.9 Å². The van der Waals surface area contributed by atoms with E-state index in [4.69, 9.17) is 0 Å². The van der Waals surface area contributed by atoms with Gasteiger partial charge in [0.15, 0.2) is 0 Å². The number of carbonyl (C=O) groups excluding carboxylic acids is 1. The predicted octanol–water partition coefficient (Wildman–Crippen LogP) is -0.781. The maximum atomic E-state index is 13.1. The largest absolute Gasteiger partial charge is 0.468 e. The van der Waals surface area contributed by atoms with Gasteiger partial charge in [0.25, 0.3) is 5.16 Å². The molecule has 0 aliphatic carbocycles. The number of aliphatic hydroxyl groups excluding tert-OH is 1. The van der Waals surface area contributed by atoms with E-state index in [0.29, 0.717) is 11.4 Å². The van der Waals surface area contributed by atoms with Crippen LogP contribution >= 0.6 is 0 Å². The topological polar surface area (TPSA) is 175 Å². The van der Waals surface area contributed by atoms with Gasteiger partial charge in [-0.05, 0) is 31.2 Å². The third-order valence-corrected chi connectivity index (χ3v) is 7.89. The molecular formula is C18H20N6O7S2. The van der Waals surface area contributed by atoms with Crippen molar-refractivity contribution in [2.45, 2.75) is 35.5 Å². The number of hydrogen-bond donors (Lipinski definition) is 1. The molecule has 33 heavy (non-hydrogen) atoms. The molecule has 0 amide bonds. The number of benzene rings is 1. The van der Waals surface area contributed by atoms with E-state index >= 15 is 0 Å². The van der Waals surface area contributed by atoms with Crippen molar-refractivity contribution in [1.29, 1.82) is 0 Å². The molecule has 1 N–H and O–H groups in total. The highest BCUT2D eigenvalue weighted by atomic mass is 32.2. The number of aliphatic hydroxyl groups is 1. The summed E-state index contributed by atoms with van der Waals surface area (Å²) in [6, 6.07) is 4.50. The molecule has 13 nitrogen and oxygen atoms in total. The molecule has 0 spiro atoms. The number of fused-ring (bicyclic) bond motifs is 1. The minimum Gasteiger partial charge on any atom is -0.468 e. The van der Waals surface area contributed by atoms with Crippen molar-refractivity contribution in [1.82, 2.24) is 29.3 Å². The predicted molar refractivity (Wildman–Crippen MR) is 113 cm³/mol. The van der Waals surface area contributed by atoms with Crippen molar-refractivity contribution in [3.8, 4) is 5.69 Å².